The van der Waals surface area contributed by atoms with Gasteiger partial charge in [-0.05, 0) is 65.3 Å². The number of anilines is 2. The summed E-state index contributed by atoms with van der Waals surface area (Å²) >= 11 is 1.18. The summed E-state index contributed by atoms with van der Waals surface area (Å²) in [5.74, 6) is -0.0101. The van der Waals surface area contributed by atoms with Crippen molar-refractivity contribution >= 4 is 45.9 Å². The molecular formula is C28H37N7O7S. The molecule has 14 nitrogen and oxygen atoms in total. The van der Waals surface area contributed by atoms with Crippen molar-refractivity contribution in [2.75, 3.05) is 42.9 Å². The number of rotatable bonds is 6. The van der Waals surface area contributed by atoms with Crippen LogP contribution in [-0.4, -0.2) is 86.6 Å². The molecule has 0 spiro atoms. The zero-order chi connectivity index (χ0) is 31.5. The van der Waals surface area contributed by atoms with Crippen molar-refractivity contribution in [1.82, 2.24) is 24.8 Å². The number of aliphatic hydroxyl groups is 1. The van der Waals surface area contributed by atoms with Crippen molar-refractivity contribution in [2.24, 2.45) is 0 Å². The lowest BCUT2D eigenvalue weighted by Gasteiger charge is -2.36. The van der Waals surface area contributed by atoms with Crippen LogP contribution in [0.2, 0.25) is 0 Å². The minimum atomic E-state index is -0.718. The number of nitrogens with one attached hydrogen (secondary N) is 2. The third-order valence-corrected chi connectivity index (χ3v) is 6.94. The number of ether oxygens (including phenoxy) is 2. The molecule has 1 aromatic carbocycles. The van der Waals surface area contributed by atoms with E-state index in [2.05, 4.69) is 20.7 Å². The highest BCUT2D eigenvalue weighted by molar-refractivity contribution is 7.19. The van der Waals surface area contributed by atoms with Crippen LogP contribution in [0.15, 0.2) is 29.1 Å². The number of carbonyl (C=O) groups is 3. The summed E-state index contributed by atoms with van der Waals surface area (Å²) in [6.07, 6.45) is -1.09. The predicted molar refractivity (Wildman–Crippen MR) is 161 cm³/mol. The highest BCUT2D eigenvalue weighted by Crippen LogP contribution is 2.29. The summed E-state index contributed by atoms with van der Waals surface area (Å²) in [5.41, 5.74) is -0.198. The molecule has 2 aromatic heterocycles. The summed E-state index contributed by atoms with van der Waals surface area (Å²) in [6.45, 7) is 11.8. The van der Waals surface area contributed by atoms with Gasteiger partial charge in [0.05, 0.1) is 6.61 Å². The molecule has 1 aliphatic heterocycles. The first-order valence-electron chi connectivity index (χ1n) is 13.8. The second-order valence-corrected chi connectivity index (χ2v) is 12.9. The molecule has 43 heavy (non-hydrogen) atoms. The summed E-state index contributed by atoms with van der Waals surface area (Å²) in [7, 11) is 0. The zero-order valence-electron chi connectivity index (χ0n) is 25.1. The zero-order valence-corrected chi connectivity index (χ0v) is 25.9. The lowest BCUT2D eigenvalue weighted by atomic mass is 10.1. The lowest BCUT2D eigenvalue weighted by Crippen LogP contribution is -2.50. The Hall–Kier alpha value is -4.24. The smallest absolute Gasteiger partial charge is 0.410 e. The number of benzene rings is 1. The Morgan fingerprint density at radius 1 is 0.977 bits per heavy atom. The van der Waals surface area contributed by atoms with Gasteiger partial charge in [0.25, 0.3) is 5.56 Å². The molecule has 3 amide bonds. The predicted octanol–water partition coefficient (Wildman–Crippen LogP) is 2.83. The maximum absolute atomic E-state index is 13.0. The molecular weight excluding hydrogens is 578 g/mol. The van der Waals surface area contributed by atoms with Crippen LogP contribution < -0.4 is 21.1 Å². The largest absolute Gasteiger partial charge is 0.444 e. The monoisotopic (exact) mass is 615 g/mol. The molecule has 1 fully saturated rings. The van der Waals surface area contributed by atoms with Gasteiger partial charge in [0, 0.05) is 43.5 Å². The van der Waals surface area contributed by atoms with Gasteiger partial charge in [-0.25, -0.2) is 14.6 Å². The van der Waals surface area contributed by atoms with E-state index >= 15 is 0 Å². The Bertz CT molecular complexity index is 1560. The first-order valence-corrected chi connectivity index (χ1v) is 14.6. The average Bonchev–Trinajstić information content (AvgIpc) is 3.35. The lowest BCUT2D eigenvalue weighted by molar-refractivity contribution is -0.115. The van der Waals surface area contributed by atoms with Crippen LogP contribution in [0.4, 0.5) is 21.1 Å². The van der Waals surface area contributed by atoms with Crippen LogP contribution in [-0.2, 0) is 20.9 Å². The van der Waals surface area contributed by atoms with Crippen molar-refractivity contribution in [3.05, 3.63) is 40.2 Å². The topological polar surface area (TPSA) is 168 Å². The van der Waals surface area contributed by atoms with E-state index in [1.54, 1.807) is 43.9 Å². The first-order chi connectivity index (χ1) is 20.1. The number of hydrogen-bond donors (Lipinski definition) is 3. The fourth-order valence-corrected chi connectivity index (χ4v) is 5.06. The quantitative estimate of drug-likeness (QED) is 0.375. The molecule has 232 valence electrons. The molecule has 0 aliphatic carbocycles. The minimum absolute atomic E-state index is 0.296. The molecule has 0 atom stereocenters. The Morgan fingerprint density at radius 2 is 1.65 bits per heavy atom. The first kappa shape index (κ1) is 31.7. The van der Waals surface area contributed by atoms with Crippen LogP contribution in [0.1, 0.15) is 47.1 Å². The van der Waals surface area contributed by atoms with E-state index in [1.807, 2.05) is 25.7 Å². The standard InChI is InChI=1S/C28H37N7O7S/c1-27(2,3)41-25(39)29-15-21(37)30-19-12-17(16-36)11-18(13-19)23-32-35-22(38)14-20(31-24(35)43-23)33-7-9-34(10-8-33)26(40)42-28(4,5)6/h11-14,36H,7-10,15-16H2,1-6H3,(H,29,39)(H,30,37). The van der Waals surface area contributed by atoms with Gasteiger partial charge >= 0.3 is 12.2 Å². The molecule has 3 aromatic rings. The molecule has 3 N–H and O–H groups in total. The number of carbonyl (C=O) groups excluding carboxylic acids is 3. The molecule has 0 saturated carbocycles. The number of alkyl carbamates (subject to hydrolysis) is 1. The Morgan fingerprint density at radius 3 is 2.28 bits per heavy atom. The Labute approximate surface area is 252 Å². The second-order valence-electron chi connectivity index (χ2n) is 12.0. The van der Waals surface area contributed by atoms with Crippen LogP contribution in [0, 0.1) is 0 Å². The highest BCUT2D eigenvalue weighted by Gasteiger charge is 2.27. The van der Waals surface area contributed by atoms with Gasteiger partial charge in [-0.15, -0.1) is 0 Å². The number of hydrogen-bond acceptors (Lipinski definition) is 11. The van der Waals surface area contributed by atoms with Crippen molar-refractivity contribution < 1.29 is 29.0 Å². The second kappa shape index (κ2) is 12.6. The average molecular weight is 616 g/mol. The molecule has 0 bridgehead atoms. The van der Waals surface area contributed by atoms with E-state index in [9.17, 15) is 24.3 Å². The van der Waals surface area contributed by atoms with Crippen molar-refractivity contribution in [3.63, 3.8) is 0 Å². The van der Waals surface area contributed by atoms with E-state index in [0.29, 0.717) is 58.8 Å². The van der Waals surface area contributed by atoms with Crippen LogP contribution in [0.5, 0.6) is 0 Å². The molecule has 4 rings (SSSR count). The van der Waals surface area contributed by atoms with Gasteiger partial charge in [-0.2, -0.15) is 9.61 Å². The number of amides is 3. The third kappa shape index (κ3) is 8.64. The van der Waals surface area contributed by atoms with Crippen molar-refractivity contribution in [2.45, 2.75) is 59.4 Å². The maximum Gasteiger partial charge on any atom is 0.410 e. The SMILES string of the molecule is CC(C)(C)OC(=O)NCC(=O)Nc1cc(CO)cc(-c2nn3c(=O)cc(N4CCN(C(=O)OC(C)(C)C)CC4)nc3s2)c1. The number of nitrogens with zero attached hydrogens (tertiary/aromatic N) is 5. The van der Waals surface area contributed by atoms with E-state index < -0.39 is 23.2 Å². The fourth-order valence-electron chi connectivity index (χ4n) is 4.17. The number of aliphatic hydroxyl groups excluding tert-OH is 1. The van der Waals surface area contributed by atoms with Gasteiger partial charge in [-0.3, -0.25) is 9.59 Å². The van der Waals surface area contributed by atoms with E-state index in [1.165, 1.54) is 21.9 Å². The number of aromatic nitrogens is 3. The van der Waals surface area contributed by atoms with Gasteiger partial charge in [0.1, 0.15) is 28.6 Å². The van der Waals surface area contributed by atoms with Gasteiger partial charge in [0.2, 0.25) is 10.9 Å². The highest BCUT2D eigenvalue weighted by atomic mass is 32.1. The normalized spacial score (nSPS) is 14.0. The molecule has 3 heterocycles. The molecule has 0 radical (unpaired) electrons. The Kier molecular flexibility index (Phi) is 9.25. The molecule has 1 aliphatic rings. The summed E-state index contributed by atoms with van der Waals surface area (Å²) in [4.78, 5) is 58.3. The molecule has 1 saturated heterocycles. The van der Waals surface area contributed by atoms with Crippen molar-refractivity contribution in [1.29, 1.82) is 0 Å². The van der Waals surface area contributed by atoms with Gasteiger partial charge in [-0.1, -0.05) is 11.3 Å². The fraction of sp³-hybridized carbons (Fsp3) is 0.500. The summed E-state index contributed by atoms with van der Waals surface area (Å²) in [6, 6.07) is 6.37. The van der Waals surface area contributed by atoms with Crippen LogP contribution >= 0.6 is 11.3 Å². The third-order valence-electron chi connectivity index (χ3n) is 5.99. The van der Waals surface area contributed by atoms with Crippen molar-refractivity contribution in [3.8, 4) is 10.6 Å². The number of fused-ring (bicyclic) bond motifs is 1. The maximum atomic E-state index is 13.0. The van der Waals surface area contributed by atoms with E-state index in [4.69, 9.17) is 9.47 Å². The van der Waals surface area contributed by atoms with Crippen LogP contribution in [0.25, 0.3) is 15.5 Å². The minimum Gasteiger partial charge on any atom is -0.444 e. The van der Waals surface area contributed by atoms with Gasteiger partial charge < -0.3 is 35.0 Å². The molecule has 15 heteroatoms. The van der Waals surface area contributed by atoms with Crippen LogP contribution in [0.3, 0.4) is 0 Å². The summed E-state index contributed by atoms with van der Waals surface area (Å²) in [5, 5.41) is 19.8. The molecule has 0 unspecified atom stereocenters. The number of piperazine rings is 1. The van der Waals surface area contributed by atoms with E-state index in [0.717, 1.165) is 0 Å². The Balaban J connectivity index is 1.48. The van der Waals surface area contributed by atoms with E-state index in [-0.39, 0.29) is 24.8 Å². The van der Waals surface area contributed by atoms with Gasteiger partial charge in [0.15, 0.2) is 0 Å². The summed E-state index contributed by atoms with van der Waals surface area (Å²) < 4.78 is 11.8.